The van der Waals surface area contributed by atoms with Crippen molar-refractivity contribution < 1.29 is 13.2 Å². The normalized spacial score (nSPS) is 19.2. The molecule has 1 saturated heterocycles. The number of benzene rings is 1. The molecule has 0 N–H and O–H groups in total. The Balaban J connectivity index is 1.69. The number of sulfonamides is 1. The van der Waals surface area contributed by atoms with Gasteiger partial charge in [0.05, 0.1) is 24.7 Å². The molecule has 24 heavy (non-hydrogen) atoms. The number of aryl methyl sites for hydroxylation is 1. The van der Waals surface area contributed by atoms with Crippen molar-refractivity contribution in [2.75, 3.05) is 19.8 Å². The van der Waals surface area contributed by atoms with E-state index >= 15 is 0 Å². The van der Waals surface area contributed by atoms with Gasteiger partial charge >= 0.3 is 0 Å². The van der Waals surface area contributed by atoms with Gasteiger partial charge in [-0.1, -0.05) is 30.3 Å². The molecule has 0 saturated carbocycles. The van der Waals surface area contributed by atoms with Crippen LogP contribution in [0.25, 0.3) is 0 Å². The van der Waals surface area contributed by atoms with Crippen molar-refractivity contribution in [1.82, 2.24) is 14.3 Å². The Kier molecular flexibility index (Phi) is 5.55. The Morgan fingerprint density at radius 2 is 2.04 bits per heavy atom. The summed E-state index contributed by atoms with van der Waals surface area (Å²) in [4.78, 5) is 8.29. The molecule has 1 atom stereocenters. The van der Waals surface area contributed by atoms with Crippen molar-refractivity contribution in [3.8, 4) is 0 Å². The summed E-state index contributed by atoms with van der Waals surface area (Å²) < 4.78 is 32.7. The van der Waals surface area contributed by atoms with Crippen molar-refractivity contribution in [2.45, 2.75) is 24.6 Å². The Hall–Kier alpha value is -1.83. The molecule has 1 aliphatic rings. The summed E-state index contributed by atoms with van der Waals surface area (Å²) in [5.74, 6) is 0.0233. The van der Waals surface area contributed by atoms with Crippen LogP contribution in [0.4, 0.5) is 0 Å². The van der Waals surface area contributed by atoms with Crippen LogP contribution < -0.4 is 0 Å². The number of hydrogen-bond acceptors (Lipinski definition) is 5. The Labute approximate surface area is 142 Å². The third kappa shape index (κ3) is 4.37. The zero-order chi connectivity index (χ0) is 16.8. The van der Waals surface area contributed by atoms with Crippen LogP contribution >= 0.6 is 0 Å². The van der Waals surface area contributed by atoms with E-state index in [1.54, 1.807) is 22.9 Å². The predicted octanol–water partition coefficient (Wildman–Crippen LogP) is 1.64. The van der Waals surface area contributed by atoms with E-state index in [9.17, 15) is 8.42 Å². The van der Waals surface area contributed by atoms with E-state index < -0.39 is 10.0 Å². The van der Waals surface area contributed by atoms with Crippen molar-refractivity contribution in [3.63, 3.8) is 0 Å². The summed E-state index contributed by atoms with van der Waals surface area (Å²) in [5, 5.41) is 0. The van der Waals surface area contributed by atoms with Crippen molar-refractivity contribution >= 4 is 10.0 Å². The minimum absolute atomic E-state index is 0.0233. The average molecular weight is 347 g/mol. The summed E-state index contributed by atoms with van der Waals surface area (Å²) in [6, 6.07) is 9.12. The number of hydrogen-bond donors (Lipinski definition) is 0. The SMILES string of the molecule is O=S(=O)(Cc1ccccc1)N1CCOC[C@H]1CCc1cnccn1. The smallest absolute Gasteiger partial charge is 0.218 e. The predicted molar refractivity (Wildman–Crippen MR) is 90.7 cm³/mol. The maximum absolute atomic E-state index is 12.8. The molecule has 1 aromatic heterocycles. The molecule has 0 spiro atoms. The summed E-state index contributed by atoms with van der Waals surface area (Å²) >= 11 is 0. The lowest BCUT2D eigenvalue weighted by Crippen LogP contribution is -2.49. The number of ether oxygens (including phenoxy) is 1. The maximum Gasteiger partial charge on any atom is 0.218 e. The molecule has 1 fully saturated rings. The highest BCUT2D eigenvalue weighted by Crippen LogP contribution is 2.20. The summed E-state index contributed by atoms with van der Waals surface area (Å²) in [6.07, 6.45) is 6.35. The summed E-state index contributed by atoms with van der Waals surface area (Å²) in [5.41, 5.74) is 1.67. The number of rotatable bonds is 6. The minimum atomic E-state index is -3.37. The molecular weight excluding hydrogens is 326 g/mol. The Morgan fingerprint density at radius 1 is 1.21 bits per heavy atom. The van der Waals surface area contributed by atoms with Gasteiger partial charge in [0.1, 0.15) is 0 Å². The summed E-state index contributed by atoms with van der Waals surface area (Å²) in [6.45, 7) is 1.27. The molecule has 3 rings (SSSR count). The van der Waals surface area contributed by atoms with Crippen LogP contribution in [0.2, 0.25) is 0 Å². The van der Waals surface area contributed by atoms with Gasteiger partial charge in [-0.3, -0.25) is 9.97 Å². The van der Waals surface area contributed by atoms with Crippen LogP contribution in [0.5, 0.6) is 0 Å². The molecule has 1 aromatic carbocycles. The van der Waals surface area contributed by atoms with E-state index in [-0.39, 0.29) is 11.8 Å². The minimum Gasteiger partial charge on any atom is -0.378 e. The monoisotopic (exact) mass is 347 g/mol. The first kappa shape index (κ1) is 17.0. The van der Waals surface area contributed by atoms with Crippen LogP contribution in [0, 0.1) is 0 Å². The van der Waals surface area contributed by atoms with E-state index in [1.165, 1.54) is 0 Å². The highest BCUT2D eigenvalue weighted by molar-refractivity contribution is 7.88. The third-order valence-corrected chi connectivity index (χ3v) is 5.97. The fourth-order valence-electron chi connectivity index (χ4n) is 2.87. The van der Waals surface area contributed by atoms with Crippen LogP contribution in [-0.2, 0) is 26.9 Å². The van der Waals surface area contributed by atoms with Gasteiger partial charge in [-0.05, 0) is 18.4 Å². The van der Waals surface area contributed by atoms with Gasteiger partial charge in [-0.25, -0.2) is 8.42 Å². The molecule has 0 radical (unpaired) electrons. The van der Waals surface area contributed by atoms with E-state index in [0.29, 0.717) is 32.6 Å². The quantitative estimate of drug-likeness (QED) is 0.794. The van der Waals surface area contributed by atoms with Gasteiger partial charge < -0.3 is 4.74 Å². The lowest BCUT2D eigenvalue weighted by molar-refractivity contribution is 0.0296. The molecule has 2 heterocycles. The number of aromatic nitrogens is 2. The molecule has 128 valence electrons. The second kappa shape index (κ2) is 7.83. The Bertz CT molecular complexity index is 738. The van der Waals surface area contributed by atoms with Crippen LogP contribution in [-0.4, -0.2) is 48.5 Å². The lowest BCUT2D eigenvalue weighted by Gasteiger charge is -2.34. The highest BCUT2D eigenvalue weighted by Gasteiger charge is 2.32. The number of morpholine rings is 1. The lowest BCUT2D eigenvalue weighted by atomic mass is 10.1. The highest BCUT2D eigenvalue weighted by atomic mass is 32.2. The van der Waals surface area contributed by atoms with E-state index in [1.807, 2.05) is 30.3 Å². The number of nitrogens with zero attached hydrogens (tertiary/aromatic N) is 3. The molecule has 0 bridgehead atoms. The molecule has 0 amide bonds. The second-order valence-corrected chi connectivity index (χ2v) is 7.74. The van der Waals surface area contributed by atoms with Gasteiger partial charge in [0.25, 0.3) is 0 Å². The molecule has 1 aliphatic heterocycles. The van der Waals surface area contributed by atoms with E-state index in [2.05, 4.69) is 9.97 Å². The van der Waals surface area contributed by atoms with Gasteiger partial charge in [0.2, 0.25) is 10.0 Å². The first-order valence-corrected chi connectivity index (χ1v) is 9.62. The topological polar surface area (TPSA) is 72.4 Å². The molecule has 6 nitrogen and oxygen atoms in total. The van der Waals surface area contributed by atoms with Crippen molar-refractivity contribution in [2.24, 2.45) is 0 Å². The molecule has 0 aliphatic carbocycles. The van der Waals surface area contributed by atoms with Crippen LogP contribution in [0.15, 0.2) is 48.9 Å². The van der Waals surface area contributed by atoms with Gasteiger partial charge in [0.15, 0.2) is 0 Å². The fraction of sp³-hybridized carbons (Fsp3) is 0.412. The van der Waals surface area contributed by atoms with Gasteiger partial charge in [-0.15, -0.1) is 0 Å². The third-order valence-electron chi connectivity index (χ3n) is 4.07. The van der Waals surface area contributed by atoms with Crippen LogP contribution in [0.1, 0.15) is 17.7 Å². The van der Waals surface area contributed by atoms with Crippen molar-refractivity contribution in [1.29, 1.82) is 0 Å². The standard InChI is InChI=1S/C17H21N3O3S/c21-24(22,14-15-4-2-1-3-5-15)20-10-11-23-13-17(20)7-6-16-12-18-8-9-19-16/h1-5,8-9,12,17H,6-7,10-11,13-14H2/t17-/m1/s1. The zero-order valence-electron chi connectivity index (χ0n) is 13.4. The maximum atomic E-state index is 12.8. The van der Waals surface area contributed by atoms with Crippen molar-refractivity contribution in [3.05, 3.63) is 60.2 Å². The van der Waals surface area contributed by atoms with E-state index in [4.69, 9.17) is 4.74 Å². The molecular formula is C17H21N3O3S. The van der Waals surface area contributed by atoms with E-state index in [0.717, 1.165) is 11.3 Å². The molecule has 2 aromatic rings. The van der Waals surface area contributed by atoms with Crippen LogP contribution in [0.3, 0.4) is 0 Å². The zero-order valence-corrected chi connectivity index (χ0v) is 14.2. The van der Waals surface area contributed by atoms with Gasteiger partial charge in [0, 0.05) is 31.2 Å². The van der Waals surface area contributed by atoms with Gasteiger partial charge in [-0.2, -0.15) is 4.31 Å². The largest absolute Gasteiger partial charge is 0.378 e. The average Bonchev–Trinajstić information content (AvgIpc) is 2.61. The Morgan fingerprint density at radius 3 is 2.79 bits per heavy atom. The summed E-state index contributed by atoms with van der Waals surface area (Å²) in [7, 11) is -3.37. The first-order valence-electron chi connectivity index (χ1n) is 8.01. The molecule has 7 heteroatoms. The first-order chi connectivity index (χ1) is 11.6. The fourth-order valence-corrected chi connectivity index (χ4v) is 4.63. The second-order valence-electron chi connectivity index (χ2n) is 5.82. The molecule has 0 unspecified atom stereocenters.